The van der Waals surface area contributed by atoms with Gasteiger partial charge in [-0.1, -0.05) is 6.07 Å². The fraction of sp³-hybridized carbons (Fsp3) is 0.133. The van der Waals surface area contributed by atoms with E-state index in [2.05, 4.69) is 35.4 Å². The van der Waals surface area contributed by atoms with Gasteiger partial charge in [-0.2, -0.15) is 0 Å². The molecule has 0 fully saturated rings. The summed E-state index contributed by atoms with van der Waals surface area (Å²) in [6.07, 6.45) is -1.43. The number of alkyl halides is 2. The van der Waals surface area contributed by atoms with Gasteiger partial charge in [-0.05, 0) is 39.7 Å². The Labute approximate surface area is 137 Å². The van der Waals surface area contributed by atoms with Crippen molar-refractivity contribution in [2.45, 2.75) is 12.4 Å². The lowest BCUT2D eigenvalue weighted by Crippen LogP contribution is -2.25. The fourth-order valence-corrected chi connectivity index (χ4v) is 2.87. The van der Waals surface area contributed by atoms with E-state index in [1.807, 2.05) is 6.07 Å². The van der Waals surface area contributed by atoms with Crippen LogP contribution in [0.3, 0.4) is 0 Å². The van der Waals surface area contributed by atoms with E-state index in [1.165, 1.54) is 18.2 Å². The molecule has 3 aromatic rings. The monoisotopic (exact) mass is 382 g/mol. The molecule has 0 bridgehead atoms. The first-order valence-electron chi connectivity index (χ1n) is 6.63. The number of hydrogen-bond donors (Lipinski definition) is 2. The van der Waals surface area contributed by atoms with Gasteiger partial charge in [0.2, 0.25) is 0 Å². The highest BCUT2D eigenvalue weighted by Gasteiger charge is 2.43. The number of fused-ring (bicyclic) bond motifs is 2. The second-order valence-electron chi connectivity index (χ2n) is 5.07. The van der Waals surface area contributed by atoms with E-state index in [-0.39, 0.29) is 11.5 Å². The van der Waals surface area contributed by atoms with Crippen LogP contribution in [-0.4, -0.2) is 21.4 Å². The number of nitrogens with zero attached hydrogens (tertiary/aromatic N) is 1. The summed E-state index contributed by atoms with van der Waals surface area (Å²) >= 11 is 3.33. The number of nitrogens with one attached hydrogen (secondary N) is 1. The van der Waals surface area contributed by atoms with Crippen LogP contribution < -0.4 is 9.47 Å². The van der Waals surface area contributed by atoms with Crippen molar-refractivity contribution >= 4 is 27.0 Å². The van der Waals surface area contributed by atoms with Crippen LogP contribution >= 0.6 is 15.9 Å². The summed E-state index contributed by atoms with van der Waals surface area (Å²) in [5, 5.41) is 11.3. The summed E-state index contributed by atoms with van der Waals surface area (Å²) in [7, 11) is 0. The second-order valence-corrected chi connectivity index (χ2v) is 5.99. The van der Waals surface area contributed by atoms with E-state index >= 15 is 0 Å². The van der Waals surface area contributed by atoms with Crippen molar-refractivity contribution in [2.24, 2.45) is 0 Å². The van der Waals surface area contributed by atoms with Gasteiger partial charge >= 0.3 is 6.29 Å². The minimum Gasteiger partial charge on any atom is -0.395 e. The Morgan fingerprint density at radius 2 is 2.00 bits per heavy atom. The van der Waals surface area contributed by atoms with Gasteiger partial charge in [-0.15, -0.1) is 8.78 Å². The standard InChI is InChI=1S/C15H9BrF2N2O3/c16-8-4-9-10(6-20-14(9)19-5-8)13(21)7-1-2-11-12(3-7)23-15(17,18)22-11/h1-6,13,21H,(H,19,20). The van der Waals surface area contributed by atoms with E-state index in [0.717, 1.165) is 9.86 Å². The van der Waals surface area contributed by atoms with Gasteiger partial charge < -0.3 is 19.6 Å². The number of aliphatic hydroxyl groups excluding tert-OH is 1. The zero-order chi connectivity index (χ0) is 16.2. The smallest absolute Gasteiger partial charge is 0.395 e. The van der Waals surface area contributed by atoms with Gasteiger partial charge in [0, 0.05) is 27.8 Å². The Balaban J connectivity index is 1.75. The van der Waals surface area contributed by atoms with Crippen molar-refractivity contribution in [3.05, 3.63) is 52.3 Å². The van der Waals surface area contributed by atoms with Crippen molar-refractivity contribution in [2.75, 3.05) is 0 Å². The van der Waals surface area contributed by atoms with Gasteiger partial charge in [0.25, 0.3) is 0 Å². The summed E-state index contributed by atoms with van der Waals surface area (Å²) in [5.41, 5.74) is 1.61. The predicted octanol–water partition coefficient (Wildman–Crippen LogP) is 3.73. The summed E-state index contributed by atoms with van der Waals surface area (Å²) < 4.78 is 35.7. The lowest BCUT2D eigenvalue weighted by atomic mass is 10.0. The minimum atomic E-state index is -3.68. The predicted molar refractivity (Wildman–Crippen MR) is 80.5 cm³/mol. The van der Waals surface area contributed by atoms with Gasteiger partial charge in [0.15, 0.2) is 11.5 Å². The van der Waals surface area contributed by atoms with Gasteiger partial charge in [-0.25, -0.2) is 4.98 Å². The molecular weight excluding hydrogens is 374 g/mol. The maximum absolute atomic E-state index is 13.1. The Kier molecular flexibility index (Phi) is 3.07. The van der Waals surface area contributed by atoms with E-state index in [0.29, 0.717) is 16.8 Å². The average molecular weight is 383 g/mol. The van der Waals surface area contributed by atoms with Gasteiger partial charge in [-0.3, -0.25) is 0 Å². The van der Waals surface area contributed by atoms with Crippen LogP contribution in [0.25, 0.3) is 11.0 Å². The molecule has 8 heteroatoms. The van der Waals surface area contributed by atoms with Crippen LogP contribution in [0.1, 0.15) is 17.2 Å². The highest BCUT2D eigenvalue weighted by molar-refractivity contribution is 9.10. The lowest BCUT2D eigenvalue weighted by molar-refractivity contribution is -0.286. The normalized spacial score (nSPS) is 16.7. The Morgan fingerprint density at radius 1 is 1.22 bits per heavy atom. The van der Waals surface area contributed by atoms with E-state index < -0.39 is 12.4 Å². The highest BCUT2D eigenvalue weighted by atomic mass is 79.9. The Morgan fingerprint density at radius 3 is 2.83 bits per heavy atom. The molecule has 1 aromatic carbocycles. The Hall–Kier alpha value is -2.19. The molecule has 1 atom stereocenters. The van der Waals surface area contributed by atoms with Crippen LogP contribution in [0.4, 0.5) is 8.78 Å². The molecule has 2 N–H and O–H groups in total. The molecule has 5 nitrogen and oxygen atoms in total. The van der Waals surface area contributed by atoms with E-state index in [4.69, 9.17) is 0 Å². The number of hydrogen-bond acceptors (Lipinski definition) is 4. The number of rotatable bonds is 2. The summed E-state index contributed by atoms with van der Waals surface area (Å²) in [6, 6.07) is 6.01. The lowest BCUT2D eigenvalue weighted by Gasteiger charge is -2.11. The van der Waals surface area contributed by atoms with Gasteiger partial charge in [0.1, 0.15) is 11.8 Å². The van der Waals surface area contributed by atoms with E-state index in [9.17, 15) is 13.9 Å². The zero-order valence-electron chi connectivity index (χ0n) is 11.4. The molecule has 0 saturated heterocycles. The van der Waals surface area contributed by atoms with Crippen LogP contribution in [0.15, 0.2) is 41.1 Å². The molecule has 0 spiro atoms. The fourth-order valence-electron chi connectivity index (χ4n) is 2.54. The molecule has 1 unspecified atom stereocenters. The van der Waals surface area contributed by atoms with Crippen LogP contribution in [0.5, 0.6) is 11.5 Å². The first kappa shape index (κ1) is 14.4. The molecule has 1 aliphatic rings. The topological polar surface area (TPSA) is 67.4 Å². The number of aromatic amines is 1. The third-order valence-corrected chi connectivity index (χ3v) is 4.00. The minimum absolute atomic E-state index is 0.0608. The van der Waals surface area contributed by atoms with Crippen LogP contribution in [0, 0.1) is 0 Å². The maximum atomic E-state index is 13.1. The molecule has 118 valence electrons. The largest absolute Gasteiger partial charge is 0.586 e. The molecule has 4 rings (SSSR count). The van der Waals surface area contributed by atoms with Crippen molar-refractivity contribution in [1.82, 2.24) is 9.97 Å². The molecule has 3 heterocycles. The average Bonchev–Trinajstić information content (AvgIpc) is 3.03. The summed E-state index contributed by atoms with van der Waals surface area (Å²) in [4.78, 5) is 7.16. The zero-order valence-corrected chi connectivity index (χ0v) is 13.0. The van der Waals surface area contributed by atoms with Crippen LogP contribution in [-0.2, 0) is 0 Å². The molecule has 0 amide bonds. The SMILES string of the molecule is OC(c1ccc2c(c1)OC(F)(F)O2)c1c[nH]c2ncc(Br)cc12. The number of aliphatic hydroxyl groups is 1. The first-order chi connectivity index (χ1) is 10.9. The first-order valence-corrected chi connectivity index (χ1v) is 7.43. The third-order valence-electron chi connectivity index (χ3n) is 3.57. The molecule has 1 aliphatic heterocycles. The summed E-state index contributed by atoms with van der Waals surface area (Å²) in [6.45, 7) is 0. The molecular formula is C15H9BrF2N2O3. The molecule has 0 saturated carbocycles. The molecule has 0 radical (unpaired) electrons. The quantitative estimate of drug-likeness (QED) is 0.708. The molecule has 23 heavy (non-hydrogen) atoms. The van der Waals surface area contributed by atoms with Crippen molar-refractivity contribution in [1.29, 1.82) is 0 Å². The number of pyridine rings is 1. The number of aromatic nitrogens is 2. The van der Waals surface area contributed by atoms with E-state index in [1.54, 1.807) is 12.4 Å². The summed E-state index contributed by atoms with van der Waals surface area (Å²) in [5.74, 6) is -0.167. The van der Waals surface area contributed by atoms with Crippen LogP contribution in [0.2, 0.25) is 0 Å². The highest BCUT2D eigenvalue weighted by Crippen LogP contribution is 2.43. The molecule has 0 aliphatic carbocycles. The number of H-pyrrole nitrogens is 1. The van der Waals surface area contributed by atoms with Crippen molar-refractivity contribution in [3.8, 4) is 11.5 Å². The van der Waals surface area contributed by atoms with Crippen molar-refractivity contribution in [3.63, 3.8) is 0 Å². The Bertz CT molecular complexity index is 913. The second kappa shape index (κ2) is 4.90. The third kappa shape index (κ3) is 2.43. The molecule has 2 aromatic heterocycles. The van der Waals surface area contributed by atoms with Gasteiger partial charge in [0.05, 0.1) is 0 Å². The number of halogens is 3. The van der Waals surface area contributed by atoms with Crippen molar-refractivity contribution < 1.29 is 23.4 Å². The number of ether oxygens (including phenoxy) is 2. The maximum Gasteiger partial charge on any atom is 0.586 e. The number of benzene rings is 1.